The summed E-state index contributed by atoms with van der Waals surface area (Å²) in [6.07, 6.45) is 1.41. The molecule has 1 heterocycles. The molecule has 1 aromatic carbocycles. The Balaban J connectivity index is 2.29. The van der Waals surface area contributed by atoms with Crippen molar-refractivity contribution < 1.29 is 4.79 Å². The zero-order valence-electron chi connectivity index (χ0n) is 13.2. The third-order valence-electron chi connectivity index (χ3n) is 3.50. The van der Waals surface area contributed by atoms with Gasteiger partial charge in [0.15, 0.2) is 0 Å². The molecule has 0 aliphatic heterocycles. The van der Waals surface area contributed by atoms with E-state index in [1.807, 2.05) is 19.9 Å². The maximum atomic E-state index is 11.2. The highest BCUT2D eigenvalue weighted by Crippen LogP contribution is 2.22. The van der Waals surface area contributed by atoms with Crippen LogP contribution in [0.25, 0.3) is 5.69 Å². The van der Waals surface area contributed by atoms with Crippen molar-refractivity contribution in [2.45, 2.75) is 27.2 Å². The molecule has 0 unspecified atom stereocenters. The van der Waals surface area contributed by atoms with Gasteiger partial charge in [0, 0.05) is 26.2 Å². The first kappa shape index (κ1) is 17.2. The molecule has 0 saturated carbocycles. The van der Waals surface area contributed by atoms with Crippen LogP contribution in [0.15, 0.2) is 29.4 Å². The van der Waals surface area contributed by atoms with E-state index in [0.717, 1.165) is 22.6 Å². The molecule has 0 fully saturated rings. The fourth-order valence-corrected chi connectivity index (χ4v) is 2.70. The summed E-state index contributed by atoms with van der Waals surface area (Å²) >= 11 is 2.32. The second-order valence-corrected chi connectivity index (χ2v) is 6.39. The van der Waals surface area contributed by atoms with Gasteiger partial charge < -0.3 is 4.57 Å². The number of rotatable bonds is 4. The first-order valence-electron chi connectivity index (χ1n) is 7.08. The van der Waals surface area contributed by atoms with Crippen molar-refractivity contribution in [2.75, 3.05) is 0 Å². The van der Waals surface area contributed by atoms with E-state index in [-0.39, 0.29) is 6.42 Å². The Labute approximate surface area is 149 Å². The number of nitrogens with one attached hydrogen (secondary N) is 1. The van der Waals surface area contributed by atoms with Gasteiger partial charge in [0.05, 0.1) is 12.3 Å². The molecule has 5 nitrogen and oxygen atoms in total. The number of aryl methyl sites for hydroxylation is 2. The summed E-state index contributed by atoms with van der Waals surface area (Å²) in [7, 11) is 0. The molecule has 0 aliphatic carbocycles. The summed E-state index contributed by atoms with van der Waals surface area (Å²) in [6.45, 7) is 6.14. The Morgan fingerprint density at radius 2 is 2.13 bits per heavy atom. The number of aromatic nitrogens is 1. The maximum Gasteiger partial charge on any atom is 0.254 e. The van der Waals surface area contributed by atoms with Crippen LogP contribution >= 0.6 is 22.6 Å². The molecule has 0 radical (unpaired) electrons. The highest BCUT2D eigenvalue weighted by molar-refractivity contribution is 14.1. The molecule has 118 valence electrons. The number of hydrogen-bond acceptors (Lipinski definition) is 3. The van der Waals surface area contributed by atoms with E-state index < -0.39 is 5.91 Å². The second kappa shape index (κ2) is 7.42. The number of benzene rings is 1. The van der Waals surface area contributed by atoms with E-state index >= 15 is 0 Å². The molecule has 0 spiro atoms. The minimum atomic E-state index is -0.411. The maximum absolute atomic E-state index is 11.2. The van der Waals surface area contributed by atoms with E-state index in [0.29, 0.717) is 0 Å². The summed E-state index contributed by atoms with van der Waals surface area (Å²) in [5.74, 6) is -0.411. The molecule has 2 aromatic rings. The van der Waals surface area contributed by atoms with E-state index in [2.05, 4.69) is 62.8 Å². The Kier molecular flexibility index (Phi) is 5.55. The molecule has 0 saturated heterocycles. The number of amides is 1. The summed E-state index contributed by atoms with van der Waals surface area (Å²) in [5, 5.41) is 12.3. The van der Waals surface area contributed by atoms with E-state index in [4.69, 9.17) is 5.26 Å². The van der Waals surface area contributed by atoms with Crippen LogP contribution in [0.3, 0.4) is 0 Å². The molecule has 0 atom stereocenters. The summed E-state index contributed by atoms with van der Waals surface area (Å²) in [5.41, 5.74) is 7.74. The highest BCUT2D eigenvalue weighted by atomic mass is 127. The van der Waals surface area contributed by atoms with Crippen LogP contribution in [0.2, 0.25) is 0 Å². The number of halogens is 1. The van der Waals surface area contributed by atoms with Crippen LogP contribution in [-0.2, 0) is 4.79 Å². The Hall–Kier alpha value is -2.14. The van der Waals surface area contributed by atoms with Crippen LogP contribution in [0.1, 0.15) is 28.9 Å². The SMILES string of the molecule is Cc1cc(-n2c(C)cc(/C=N\NC(=O)CC#N)c2C)ccc1I. The number of hydrazone groups is 1. The standard InChI is InChI=1S/C17H17IN4O/c1-11-8-15(4-5-16(11)18)22-12(2)9-14(13(22)3)10-20-21-17(23)6-7-19/h4-5,8-10H,6H2,1-3H3,(H,21,23)/b20-10-. The summed E-state index contributed by atoms with van der Waals surface area (Å²) < 4.78 is 3.39. The number of nitrogens with zero attached hydrogens (tertiary/aromatic N) is 3. The van der Waals surface area contributed by atoms with Crippen molar-refractivity contribution in [1.82, 2.24) is 9.99 Å². The van der Waals surface area contributed by atoms with Crippen molar-refractivity contribution >= 4 is 34.7 Å². The molecular formula is C17H17IN4O. The van der Waals surface area contributed by atoms with Gasteiger partial charge in [-0.2, -0.15) is 10.4 Å². The molecule has 1 amide bonds. The number of nitriles is 1. The van der Waals surface area contributed by atoms with Crippen molar-refractivity contribution in [3.63, 3.8) is 0 Å². The van der Waals surface area contributed by atoms with Crippen LogP contribution in [0.5, 0.6) is 0 Å². The van der Waals surface area contributed by atoms with E-state index in [9.17, 15) is 4.79 Å². The minimum Gasteiger partial charge on any atom is -0.318 e. The third kappa shape index (κ3) is 3.99. The predicted octanol–water partition coefficient (Wildman–Crippen LogP) is 3.37. The lowest BCUT2D eigenvalue weighted by molar-refractivity contribution is -0.120. The normalized spacial score (nSPS) is 10.7. The summed E-state index contributed by atoms with van der Waals surface area (Å²) in [4.78, 5) is 11.2. The zero-order valence-corrected chi connectivity index (χ0v) is 15.4. The molecular weight excluding hydrogens is 403 g/mol. The van der Waals surface area contributed by atoms with Gasteiger partial charge in [0.2, 0.25) is 0 Å². The van der Waals surface area contributed by atoms with Crippen LogP contribution < -0.4 is 5.43 Å². The lowest BCUT2D eigenvalue weighted by Crippen LogP contribution is -2.16. The lowest BCUT2D eigenvalue weighted by Gasteiger charge is -2.11. The highest BCUT2D eigenvalue weighted by Gasteiger charge is 2.10. The van der Waals surface area contributed by atoms with Crippen molar-refractivity contribution in [2.24, 2.45) is 5.10 Å². The third-order valence-corrected chi connectivity index (χ3v) is 4.71. The van der Waals surface area contributed by atoms with Gasteiger partial charge in [0.1, 0.15) is 6.42 Å². The topological polar surface area (TPSA) is 70.2 Å². The van der Waals surface area contributed by atoms with Gasteiger partial charge >= 0.3 is 0 Å². The van der Waals surface area contributed by atoms with E-state index in [1.165, 1.54) is 9.13 Å². The quantitative estimate of drug-likeness (QED) is 0.468. The van der Waals surface area contributed by atoms with Gasteiger partial charge in [-0.05, 0) is 73.2 Å². The monoisotopic (exact) mass is 420 g/mol. The van der Waals surface area contributed by atoms with Crippen LogP contribution in [-0.4, -0.2) is 16.7 Å². The number of carbonyl (C=O) groups excluding carboxylic acids is 1. The molecule has 0 bridgehead atoms. The largest absolute Gasteiger partial charge is 0.318 e. The van der Waals surface area contributed by atoms with Crippen molar-refractivity contribution in [3.05, 3.63) is 50.4 Å². The first-order chi connectivity index (χ1) is 10.9. The molecule has 23 heavy (non-hydrogen) atoms. The molecule has 2 rings (SSSR count). The smallest absolute Gasteiger partial charge is 0.254 e. The molecule has 1 N–H and O–H groups in total. The van der Waals surface area contributed by atoms with E-state index in [1.54, 1.807) is 12.3 Å². The Morgan fingerprint density at radius 3 is 2.78 bits per heavy atom. The van der Waals surface area contributed by atoms with Gasteiger partial charge in [0.25, 0.3) is 5.91 Å². The first-order valence-corrected chi connectivity index (χ1v) is 8.16. The average Bonchev–Trinajstić information content (AvgIpc) is 2.77. The van der Waals surface area contributed by atoms with Gasteiger partial charge in [-0.3, -0.25) is 4.79 Å². The minimum absolute atomic E-state index is 0.196. The molecule has 0 aliphatic rings. The fourth-order valence-electron chi connectivity index (χ4n) is 2.37. The second-order valence-electron chi connectivity index (χ2n) is 5.22. The van der Waals surface area contributed by atoms with Crippen LogP contribution in [0, 0.1) is 35.7 Å². The number of carbonyl (C=O) groups is 1. The molecule has 1 aromatic heterocycles. The van der Waals surface area contributed by atoms with Crippen LogP contribution in [0.4, 0.5) is 0 Å². The Bertz CT molecular complexity index is 815. The average molecular weight is 420 g/mol. The van der Waals surface area contributed by atoms with Crippen molar-refractivity contribution in [3.8, 4) is 11.8 Å². The zero-order chi connectivity index (χ0) is 17.0. The fraction of sp³-hybridized carbons (Fsp3) is 0.235. The van der Waals surface area contributed by atoms with Gasteiger partial charge in [-0.1, -0.05) is 0 Å². The lowest BCUT2D eigenvalue weighted by atomic mass is 10.2. The predicted molar refractivity (Wildman–Crippen MR) is 98.7 cm³/mol. The number of hydrogen-bond donors (Lipinski definition) is 1. The van der Waals surface area contributed by atoms with Gasteiger partial charge in [-0.25, -0.2) is 5.43 Å². The van der Waals surface area contributed by atoms with Crippen molar-refractivity contribution in [1.29, 1.82) is 5.26 Å². The Morgan fingerprint density at radius 1 is 1.39 bits per heavy atom. The summed E-state index contributed by atoms with van der Waals surface area (Å²) in [6, 6.07) is 10.1. The van der Waals surface area contributed by atoms with Gasteiger partial charge in [-0.15, -0.1) is 0 Å². The molecule has 6 heteroatoms.